The molecule has 3 heteroatoms. The maximum Gasteiger partial charge on any atom is 0.0657 e. The average molecular weight is 290 g/mol. The SMILES string of the molecule is COCC(NC(C)c1ccccc1Cl)c1ccccc1. The highest BCUT2D eigenvalue weighted by atomic mass is 35.5. The number of methoxy groups -OCH3 is 1. The molecule has 2 atom stereocenters. The number of nitrogens with one attached hydrogen (secondary N) is 1. The van der Waals surface area contributed by atoms with Crippen LogP contribution in [0.1, 0.15) is 30.1 Å². The Kier molecular flexibility index (Phi) is 5.60. The molecule has 2 aromatic rings. The van der Waals surface area contributed by atoms with Crippen molar-refractivity contribution in [3.8, 4) is 0 Å². The van der Waals surface area contributed by atoms with Crippen molar-refractivity contribution >= 4 is 11.6 Å². The van der Waals surface area contributed by atoms with Gasteiger partial charge in [0.25, 0.3) is 0 Å². The number of ether oxygens (including phenoxy) is 1. The summed E-state index contributed by atoms with van der Waals surface area (Å²) in [4.78, 5) is 0. The first kappa shape index (κ1) is 15.0. The third-order valence-electron chi connectivity index (χ3n) is 3.36. The van der Waals surface area contributed by atoms with E-state index in [4.69, 9.17) is 16.3 Å². The molecule has 0 aliphatic heterocycles. The van der Waals surface area contributed by atoms with E-state index >= 15 is 0 Å². The summed E-state index contributed by atoms with van der Waals surface area (Å²) in [6, 6.07) is 18.5. The van der Waals surface area contributed by atoms with Crippen LogP contribution in [0.4, 0.5) is 0 Å². The predicted octanol–water partition coefficient (Wildman–Crippen LogP) is 4.38. The van der Waals surface area contributed by atoms with E-state index in [0.29, 0.717) is 6.61 Å². The van der Waals surface area contributed by atoms with Gasteiger partial charge in [-0.3, -0.25) is 0 Å². The number of benzene rings is 2. The van der Waals surface area contributed by atoms with E-state index < -0.39 is 0 Å². The molecule has 0 spiro atoms. The van der Waals surface area contributed by atoms with Crippen molar-refractivity contribution in [2.24, 2.45) is 0 Å². The number of halogens is 1. The molecule has 0 amide bonds. The second-order valence-electron chi connectivity index (χ2n) is 4.83. The Balaban J connectivity index is 2.14. The second-order valence-corrected chi connectivity index (χ2v) is 5.24. The minimum absolute atomic E-state index is 0.146. The molecule has 20 heavy (non-hydrogen) atoms. The molecule has 2 nitrogen and oxygen atoms in total. The highest BCUT2D eigenvalue weighted by Crippen LogP contribution is 2.25. The molecule has 2 unspecified atom stereocenters. The van der Waals surface area contributed by atoms with Crippen molar-refractivity contribution in [2.75, 3.05) is 13.7 Å². The van der Waals surface area contributed by atoms with Gasteiger partial charge in [0.05, 0.1) is 12.6 Å². The van der Waals surface area contributed by atoms with Crippen LogP contribution < -0.4 is 5.32 Å². The zero-order valence-corrected chi connectivity index (χ0v) is 12.6. The Morgan fingerprint density at radius 3 is 2.35 bits per heavy atom. The summed E-state index contributed by atoms with van der Waals surface area (Å²) in [5, 5.41) is 4.37. The number of hydrogen-bond acceptors (Lipinski definition) is 2. The molecular formula is C17H20ClNO. The Morgan fingerprint density at radius 2 is 1.70 bits per heavy atom. The van der Waals surface area contributed by atoms with Crippen LogP contribution in [0.5, 0.6) is 0 Å². The molecule has 0 aliphatic rings. The summed E-state index contributed by atoms with van der Waals surface area (Å²) >= 11 is 6.25. The first-order chi connectivity index (χ1) is 9.72. The fraction of sp³-hybridized carbons (Fsp3) is 0.294. The second kappa shape index (κ2) is 7.44. The fourth-order valence-corrected chi connectivity index (χ4v) is 2.61. The van der Waals surface area contributed by atoms with Gasteiger partial charge in [-0.25, -0.2) is 0 Å². The normalized spacial score (nSPS) is 13.9. The molecule has 0 bridgehead atoms. The van der Waals surface area contributed by atoms with Crippen LogP contribution >= 0.6 is 11.6 Å². The molecule has 0 radical (unpaired) electrons. The van der Waals surface area contributed by atoms with Crippen LogP contribution in [0.25, 0.3) is 0 Å². The molecule has 0 saturated carbocycles. The maximum absolute atomic E-state index is 6.25. The minimum Gasteiger partial charge on any atom is -0.383 e. The number of rotatable bonds is 6. The summed E-state index contributed by atoms with van der Waals surface area (Å²) in [5.74, 6) is 0. The van der Waals surface area contributed by atoms with Gasteiger partial charge < -0.3 is 10.1 Å². The molecule has 106 valence electrons. The quantitative estimate of drug-likeness (QED) is 0.852. The van der Waals surface area contributed by atoms with Crippen molar-refractivity contribution in [1.29, 1.82) is 0 Å². The molecule has 0 fully saturated rings. The summed E-state index contributed by atoms with van der Waals surface area (Å²) in [6.07, 6.45) is 0. The topological polar surface area (TPSA) is 21.3 Å². The van der Waals surface area contributed by atoms with E-state index in [0.717, 1.165) is 10.6 Å². The van der Waals surface area contributed by atoms with Gasteiger partial charge in [0.2, 0.25) is 0 Å². The van der Waals surface area contributed by atoms with Gasteiger partial charge >= 0.3 is 0 Å². The Morgan fingerprint density at radius 1 is 1.05 bits per heavy atom. The zero-order chi connectivity index (χ0) is 14.4. The van der Waals surface area contributed by atoms with Crippen LogP contribution in [-0.4, -0.2) is 13.7 Å². The van der Waals surface area contributed by atoms with E-state index in [1.165, 1.54) is 5.56 Å². The lowest BCUT2D eigenvalue weighted by atomic mass is 10.0. The number of hydrogen-bond donors (Lipinski definition) is 1. The van der Waals surface area contributed by atoms with E-state index in [1.807, 2.05) is 36.4 Å². The highest BCUT2D eigenvalue weighted by Gasteiger charge is 2.16. The molecule has 0 aliphatic carbocycles. The third kappa shape index (κ3) is 3.83. The molecule has 0 aromatic heterocycles. The van der Waals surface area contributed by atoms with E-state index in [1.54, 1.807) is 7.11 Å². The van der Waals surface area contributed by atoms with Gasteiger partial charge in [-0.05, 0) is 24.1 Å². The molecule has 2 rings (SSSR count). The van der Waals surface area contributed by atoms with Crippen LogP contribution in [-0.2, 0) is 4.74 Å². The smallest absolute Gasteiger partial charge is 0.0657 e. The van der Waals surface area contributed by atoms with E-state index in [2.05, 4.69) is 30.4 Å². The lowest BCUT2D eigenvalue weighted by molar-refractivity contribution is 0.162. The van der Waals surface area contributed by atoms with Crippen LogP contribution in [0, 0.1) is 0 Å². The van der Waals surface area contributed by atoms with Gasteiger partial charge in [0.1, 0.15) is 0 Å². The van der Waals surface area contributed by atoms with Crippen LogP contribution in [0.15, 0.2) is 54.6 Å². The van der Waals surface area contributed by atoms with Crippen molar-refractivity contribution < 1.29 is 4.74 Å². The first-order valence-electron chi connectivity index (χ1n) is 6.76. The molecular weight excluding hydrogens is 270 g/mol. The monoisotopic (exact) mass is 289 g/mol. The van der Waals surface area contributed by atoms with Gasteiger partial charge in [0, 0.05) is 18.2 Å². The van der Waals surface area contributed by atoms with Crippen molar-refractivity contribution in [1.82, 2.24) is 5.32 Å². The predicted molar refractivity (Wildman–Crippen MR) is 84.1 cm³/mol. The summed E-state index contributed by atoms with van der Waals surface area (Å²) in [5.41, 5.74) is 2.32. The molecule has 2 aromatic carbocycles. The van der Waals surface area contributed by atoms with Crippen LogP contribution in [0.3, 0.4) is 0 Å². The third-order valence-corrected chi connectivity index (χ3v) is 3.70. The first-order valence-corrected chi connectivity index (χ1v) is 7.14. The van der Waals surface area contributed by atoms with Crippen molar-refractivity contribution in [3.63, 3.8) is 0 Å². The molecule has 1 N–H and O–H groups in total. The lowest BCUT2D eigenvalue weighted by Gasteiger charge is -2.24. The summed E-state index contributed by atoms with van der Waals surface area (Å²) in [6.45, 7) is 2.74. The van der Waals surface area contributed by atoms with Gasteiger partial charge in [0.15, 0.2) is 0 Å². The molecule has 0 saturated heterocycles. The Bertz CT molecular complexity index is 530. The standard InChI is InChI=1S/C17H20ClNO/c1-13(15-10-6-7-11-16(15)18)19-17(12-20-2)14-8-4-3-5-9-14/h3-11,13,17,19H,12H2,1-2H3. The van der Waals surface area contributed by atoms with Crippen molar-refractivity contribution in [3.05, 3.63) is 70.7 Å². The Labute approximate surface area is 125 Å². The lowest BCUT2D eigenvalue weighted by Crippen LogP contribution is -2.28. The Hall–Kier alpha value is -1.35. The molecule has 0 heterocycles. The van der Waals surface area contributed by atoms with Crippen LogP contribution in [0.2, 0.25) is 5.02 Å². The minimum atomic E-state index is 0.146. The van der Waals surface area contributed by atoms with E-state index in [-0.39, 0.29) is 12.1 Å². The fourth-order valence-electron chi connectivity index (χ4n) is 2.31. The van der Waals surface area contributed by atoms with Gasteiger partial charge in [-0.15, -0.1) is 0 Å². The van der Waals surface area contributed by atoms with Crippen molar-refractivity contribution in [2.45, 2.75) is 19.0 Å². The van der Waals surface area contributed by atoms with Gasteiger partial charge in [-0.1, -0.05) is 60.1 Å². The average Bonchev–Trinajstić information content (AvgIpc) is 2.48. The summed E-state index contributed by atoms with van der Waals surface area (Å²) < 4.78 is 5.33. The summed E-state index contributed by atoms with van der Waals surface area (Å²) in [7, 11) is 1.72. The maximum atomic E-state index is 6.25. The van der Waals surface area contributed by atoms with Gasteiger partial charge in [-0.2, -0.15) is 0 Å². The highest BCUT2D eigenvalue weighted by molar-refractivity contribution is 6.31. The van der Waals surface area contributed by atoms with E-state index in [9.17, 15) is 0 Å². The largest absolute Gasteiger partial charge is 0.383 e. The zero-order valence-electron chi connectivity index (χ0n) is 11.8.